The van der Waals surface area contributed by atoms with E-state index in [0.29, 0.717) is 11.3 Å². The highest BCUT2D eigenvalue weighted by Crippen LogP contribution is 2.24. The predicted octanol–water partition coefficient (Wildman–Crippen LogP) is 3.22. The number of phenolic OH excluding ortho intramolecular Hbond substituents is 1. The van der Waals surface area contributed by atoms with Gasteiger partial charge in [0.2, 0.25) is 0 Å². The summed E-state index contributed by atoms with van der Waals surface area (Å²) in [6.45, 7) is 6.28. The van der Waals surface area contributed by atoms with Crippen molar-refractivity contribution >= 4 is 12.1 Å². The number of hydrogen-bond acceptors (Lipinski definition) is 4. The first-order valence-corrected chi connectivity index (χ1v) is 7.69. The minimum atomic E-state index is -0.374. The van der Waals surface area contributed by atoms with E-state index in [9.17, 15) is 9.90 Å². The zero-order chi connectivity index (χ0) is 17.6. The first-order chi connectivity index (χ1) is 11.4. The van der Waals surface area contributed by atoms with Gasteiger partial charge >= 0.3 is 0 Å². The van der Waals surface area contributed by atoms with Crippen LogP contribution in [0.3, 0.4) is 0 Å². The lowest BCUT2D eigenvalue weighted by Crippen LogP contribution is -2.24. The second-order valence-electron chi connectivity index (χ2n) is 6.42. The van der Waals surface area contributed by atoms with E-state index in [-0.39, 0.29) is 23.7 Å². The number of rotatable bonds is 5. The van der Waals surface area contributed by atoms with Crippen molar-refractivity contribution in [2.45, 2.75) is 26.2 Å². The molecule has 2 aromatic rings. The number of hydrogen-bond donors (Lipinski definition) is 2. The molecule has 2 aromatic carbocycles. The Labute approximate surface area is 142 Å². The fraction of sp³-hybridized carbons (Fsp3) is 0.263. The van der Waals surface area contributed by atoms with Gasteiger partial charge in [-0.1, -0.05) is 45.0 Å². The lowest BCUT2D eigenvalue weighted by molar-refractivity contribution is -0.123. The molecule has 2 N–H and O–H groups in total. The summed E-state index contributed by atoms with van der Waals surface area (Å²) in [5, 5.41) is 13.4. The average molecular weight is 326 g/mol. The normalized spacial score (nSPS) is 11.5. The maximum atomic E-state index is 11.7. The van der Waals surface area contributed by atoms with E-state index in [0.717, 1.165) is 0 Å². The van der Waals surface area contributed by atoms with E-state index in [2.05, 4.69) is 31.3 Å². The number of benzene rings is 2. The highest BCUT2D eigenvalue weighted by molar-refractivity contribution is 5.85. The maximum absolute atomic E-state index is 11.7. The predicted molar refractivity (Wildman–Crippen MR) is 94.5 cm³/mol. The molecule has 126 valence electrons. The molecule has 0 aliphatic carbocycles. The number of aromatic hydroxyl groups is 1. The second kappa shape index (κ2) is 7.64. The molecule has 0 fully saturated rings. The maximum Gasteiger partial charge on any atom is 0.277 e. The zero-order valence-corrected chi connectivity index (χ0v) is 14.1. The Balaban J connectivity index is 1.82. The summed E-state index contributed by atoms with van der Waals surface area (Å²) >= 11 is 0. The molecule has 5 nitrogen and oxygen atoms in total. The monoisotopic (exact) mass is 326 g/mol. The Morgan fingerprint density at radius 1 is 1.17 bits per heavy atom. The number of hydrazone groups is 1. The van der Waals surface area contributed by atoms with Crippen LogP contribution in [0.1, 0.15) is 31.9 Å². The molecule has 0 bridgehead atoms. The van der Waals surface area contributed by atoms with Crippen molar-refractivity contribution in [1.82, 2.24) is 5.43 Å². The quantitative estimate of drug-likeness (QED) is 0.654. The summed E-state index contributed by atoms with van der Waals surface area (Å²) in [5.74, 6) is 0.357. The molecular formula is C19H22N2O3. The third-order valence-corrected chi connectivity index (χ3v) is 3.42. The van der Waals surface area contributed by atoms with Gasteiger partial charge < -0.3 is 9.84 Å². The van der Waals surface area contributed by atoms with Gasteiger partial charge in [0.1, 0.15) is 11.5 Å². The second-order valence-corrected chi connectivity index (χ2v) is 6.42. The van der Waals surface area contributed by atoms with Gasteiger partial charge in [0.25, 0.3) is 5.91 Å². The van der Waals surface area contributed by atoms with E-state index < -0.39 is 0 Å². The molecule has 2 rings (SSSR count). The fourth-order valence-electron chi connectivity index (χ4n) is 2.00. The van der Waals surface area contributed by atoms with Crippen LogP contribution in [0.2, 0.25) is 0 Å². The number of amides is 1. The van der Waals surface area contributed by atoms with Crippen LogP contribution in [-0.2, 0) is 10.2 Å². The molecule has 24 heavy (non-hydrogen) atoms. The Kier molecular flexibility index (Phi) is 5.58. The third-order valence-electron chi connectivity index (χ3n) is 3.42. The van der Waals surface area contributed by atoms with E-state index in [4.69, 9.17) is 4.74 Å². The minimum Gasteiger partial charge on any atom is -0.507 e. The number of phenols is 1. The lowest BCUT2D eigenvalue weighted by atomic mass is 9.87. The summed E-state index contributed by atoms with van der Waals surface area (Å²) in [7, 11) is 0. The molecule has 0 heterocycles. The number of carbonyl (C=O) groups excluding carboxylic acids is 1. The van der Waals surface area contributed by atoms with Gasteiger partial charge in [-0.3, -0.25) is 4.79 Å². The smallest absolute Gasteiger partial charge is 0.277 e. The third kappa shape index (κ3) is 5.12. The Bertz CT molecular complexity index is 716. The van der Waals surface area contributed by atoms with Crippen LogP contribution in [0.5, 0.6) is 11.5 Å². The van der Waals surface area contributed by atoms with Crippen molar-refractivity contribution in [2.75, 3.05) is 6.61 Å². The Morgan fingerprint density at radius 3 is 2.46 bits per heavy atom. The Morgan fingerprint density at radius 2 is 1.83 bits per heavy atom. The number of ether oxygens (including phenoxy) is 1. The fourth-order valence-corrected chi connectivity index (χ4v) is 2.00. The highest BCUT2D eigenvalue weighted by Gasteiger charge is 2.13. The van der Waals surface area contributed by atoms with E-state index in [1.165, 1.54) is 11.8 Å². The largest absolute Gasteiger partial charge is 0.507 e. The van der Waals surface area contributed by atoms with Crippen LogP contribution in [-0.4, -0.2) is 23.8 Å². The van der Waals surface area contributed by atoms with Crippen molar-refractivity contribution in [1.29, 1.82) is 0 Å². The van der Waals surface area contributed by atoms with Crippen LogP contribution in [0, 0.1) is 0 Å². The first kappa shape index (κ1) is 17.5. The minimum absolute atomic E-state index is 0.0770. The van der Waals surface area contributed by atoms with Crippen molar-refractivity contribution in [2.24, 2.45) is 5.10 Å². The molecule has 0 radical (unpaired) electrons. The molecule has 0 aliphatic rings. The summed E-state index contributed by atoms with van der Waals surface area (Å²) in [6.07, 6.45) is 1.38. The lowest BCUT2D eigenvalue weighted by Gasteiger charge is -2.19. The van der Waals surface area contributed by atoms with Crippen molar-refractivity contribution < 1.29 is 14.6 Å². The zero-order valence-electron chi connectivity index (χ0n) is 14.1. The van der Waals surface area contributed by atoms with Crippen molar-refractivity contribution in [3.05, 3.63) is 59.7 Å². The molecule has 0 aromatic heterocycles. The highest BCUT2D eigenvalue weighted by atomic mass is 16.5. The van der Waals surface area contributed by atoms with Gasteiger partial charge in [0, 0.05) is 5.56 Å². The SMILES string of the molecule is CC(C)(C)c1ccc(OCC(=O)N/N=C/c2ccccc2O)cc1. The van der Waals surface area contributed by atoms with Crippen LogP contribution >= 0.6 is 0 Å². The first-order valence-electron chi connectivity index (χ1n) is 7.69. The van der Waals surface area contributed by atoms with Crippen LogP contribution < -0.4 is 10.2 Å². The number of nitrogens with zero attached hydrogens (tertiary/aromatic N) is 1. The van der Waals surface area contributed by atoms with E-state index in [1.54, 1.807) is 24.3 Å². The Hall–Kier alpha value is -2.82. The van der Waals surface area contributed by atoms with Gasteiger partial charge in [-0.2, -0.15) is 5.10 Å². The summed E-state index contributed by atoms with van der Waals surface area (Å²) < 4.78 is 5.43. The van der Waals surface area contributed by atoms with Gasteiger partial charge in [0.15, 0.2) is 6.61 Å². The summed E-state index contributed by atoms with van der Waals surface area (Å²) in [5.41, 5.74) is 4.16. The summed E-state index contributed by atoms with van der Waals surface area (Å²) in [4.78, 5) is 11.7. The number of para-hydroxylation sites is 1. The summed E-state index contributed by atoms with van der Waals surface area (Å²) in [6, 6.07) is 14.4. The molecule has 0 unspecified atom stereocenters. The van der Waals surface area contributed by atoms with E-state index >= 15 is 0 Å². The molecule has 0 saturated carbocycles. The number of carbonyl (C=O) groups is 1. The number of nitrogens with one attached hydrogen (secondary N) is 1. The van der Waals surface area contributed by atoms with Crippen molar-refractivity contribution in [3.8, 4) is 11.5 Å². The van der Waals surface area contributed by atoms with Gasteiger partial charge in [0.05, 0.1) is 6.21 Å². The van der Waals surface area contributed by atoms with Gasteiger partial charge in [-0.25, -0.2) is 5.43 Å². The molecule has 1 amide bonds. The molecule has 0 saturated heterocycles. The molecule has 0 aliphatic heterocycles. The van der Waals surface area contributed by atoms with Gasteiger partial charge in [-0.05, 0) is 35.2 Å². The van der Waals surface area contributed by atoms with Crippen LogP contribution in [0.25, 0.3) is 0 Å². The van der Waals surface area contributed by atoms with Gasteiger partial charge in [-0.15, -0.1) is 0 Å². The average Bonchev–Trinajstić information content (AvgIpc) is 2.54. The van der Waals surface area contributed by atoms with Crippen molar-refractivity contribution in [3.63, 3.8) is 0 Å². The molecule has 5 heteroatoms. The molecular weight excluding hydrogens is 304 g/mol. The molecule has 0 atom stereocenters. The van der Waals surface area contributed by atoms with Crippen LogP contribution in [0.4, 0.5) is 0 Å². The topological polar surface area (TPSA) is 70.9 Å². The molecule has 0 spiro atoms. The standard InChI is InChI=1S/C19H22N2O3/c1-19(2,3)15-8-10-16(11-9-15)24-13-18(23)21-20-12-14-6-4-5-7-17(14)22/h4-12,22H,13H2,1-3H3,(H,21,23)/b20-12+. The van der Waals surface area contributed by atoms with E-state index in [1.807, 2.05) is 24.3 Å². The van der Waals surface area contributed by atoms with Crippen LogP contribution in [0.15, 0.2) is 53.6 Å².